The average Bonchev–Trinajstić information content (AvgIpc) is 2.46. The Balaban J connectivity index is 3.03. The molecular weight excluding hydrogens is 282 g/mol. The van der Waals surface area contributed by atoms with Crippen molar-refractivity contribution < 1.29 is 19.4 Å². The molecule has 0 aliphatic rings. The van der Waals surface area contributed by atoms with Crippen LogP contribution in [0.4, 0.5) is 5.69 Å². The second kappa shape index (κ2) is 9.07. The van der Waals surface area contributed by atoms with Crippen LogP contribution in [-0.4, -0.2) is 29.6 Å². The van der Waals surface area contributed by atoms with Crippen molar-refractivity contribution in [2.75, 3.05) is 11.4 Å². The van der Waals surface area contributed by atoms with E-state index in [0.717, 1.165) is 12.8 Å². The summed E-state index contributed by atoms with van der Waals surface area (Å²) >= 11 is 0. The van der Waals surface area contributed by atoms with Crippen LogP contribution in [0.1, 0.15) is 46.5 Å². The van der Waals surface area contributed by atoms with Crippen LogP contribution < -0.4 is 9.64 Å². The molecule has 1 amide bonds. The highest BCUT2D eigenvalue weighted by Gasteiger charge is 2.20. The second-order valence-electron chi connectivity index (χ2n) is 5.43. The minimum Gasteiger partial charge on any atom is -0.489 e. The van der Waals surface area contributed by atoms with Gasteiger partial charge in [-0.25, -0.2) is 0 Å². The van der Waals surface area contributed by atoms with Gasteiger partial charge in [0.15, 0.2) is 0 Å². The van der Waals surface area contributed by atoms with Crippen LogP contribution in [-0.2, 0) is 9.59 Å². The van der Waals surface area contributed by atoms with Crippen molar-refractivity contribution in [1.29, 1.82) is 0 Å². The van der Waals surface area contributed by atoms with E-state index < -0.39 is 5.97 Å². The Hall–Kier alpha value is -2.04. The SMILES string of the molecule is CCCCC(=O)N(CCC(=O)O)c1ccccc1OC(C)C. The van der Waals surface area contributed by atoms with Gasteiger partial charge in [-0.15, -0.1) is 0 Å². The molecule has 0 unspecified atom stereocenters. The summed E-state index contributed by atoms with van der Waals surface area (Å²) in [5.74, 6) is -0.383. The van der Waals surface area contributed by atoms with E-state index in [1.54, 1.807) is 12.1 Å². The van der Waals surface area contributed by atoms with Crippen molar-refractivity contribution >= 4 is 17.6 Å². The maximum absolute atomic E-state index is 12.4. The molecule has 1 N–H and O–H groups in total. The van der Waals surface area contributed by atoms with E-state index in [9.17, 15) is 9.59 Å². The van der Waals surface area contributed by atoms with Gasteiger partial charge in [0.05, 0.1) is 18.2 Å². The summed E-state index contributed by atoms with van der Waals surface area (Å²) in [5.41, 5.74) is 0.638. The molecule has 1 aromatic rings. The predicted molar refractivity (Wildman–Crippen MR) is 86.3 cm³/mol. The molecule has 0 saturated carbocycles. The first-order valence-corrected chi connectivity index (χ1v) is 7.73. The lowest BCUT2D eigenvalue weighted by molar-refractivity contribution is -0.136. The first kappa shape index (κ1) is 18.0. The lowest BCUT2D eigenvalue weighted by Crippen LogP contribution is -2.33. The summed E-state index contributed by atoms with van der Waals surface area (Å²) in [6.07, 6.45) is 2.01. The third-order valence-electron chi connectivity index (χ3n) is 3.11. The van der Waals surface area contributed by atoms with Crippen molar-refractivity contribution in [3.05, 3.63) is 24.3 Å². The number of hydrogen-bond acceptors (Lipinski definition) is 3. The first-order valence-electron chi connectivity index (χ1n) is 7.73. The first-order chi connectivity index (χ1) is 10.5. The number of hydrogen-bond donors (Lipinski definition) is 1. The van der Waals surface area contributed by atoms with Gasteiger partial charge in [-0.05, 0) is 32.4 Å². The molecule has 1 aromatic carbocycles. The van der Waals surface area contributed by atoms with Crippen LogP contribution >= 0.6 is 0 Å². The Labute approximate surface area is 131 Å². The van der Waals surface area contributed by atoms with E-state index in [1.165, 1.54) is 4.90 Å². The van der Waals surface area contributed by atoms with Crippen molar-refractivity contribution in [3.8, 4) is 5.75 Å². The standard InChI is InChI=1S/C17H25NO4/c1-4-5-10-16(19)18(12-11-17(20)21)14-8-6-7-9-15(14)22-13(2)3/h6-9,13H,4-5,10-12H2,1-3H3,(H,20,21). The van der Waals surface area contributed by atoms with Crippen LogP contribution in [0.5, 0.6) is 5.75 Å². The van der Waals surface area contributed by atoms with Gasteiger partial charge in [0.25, 0.3) is 0 Å². The molecule has 5 nitrogen and oxygen atoms in total. The number of carbonyl (C=O) groups excluding carboxylic acids is 1. The van der Waals surface area contributed by atoms with Gasteiger partial charge >= 0.3 is 5.97 Å². The number of carbonyl (C=O) groups is 2. The van der Waals surface area contributed by atoms with Gasteiger partial charge in [-0.3, -0.25) is 9.59 Å². The van der Waals surface area contributed by atoms with Crippen LogP contribution in [0.25, 0.3) is 0 Å². The minimum atomic E-state index is -0.921. The number of carboxylic acid groups (broad SMARTS) is 1. The molecule has 122 valence electrons. The second-order valence-corrected chi connectivity index (χ2v) is 5.43. The number of aliphatic carboxylic acids is 1. The number of rotatable bonds is 9. The topological polar surface area (TPSA) is 66.8 Å². The Bertz CT molecular complexity index is 499. The Kier molecular flexibility index (Phi) is 7.43. The van der Waals surface area contributed by atoms with Gasteiger partial charge in [-0.1, -0.05) is 25.5 Å². The minimum absolute atomic E-state index is 0.0202. The largest absolute Gasteiger partial charge is 0.489 e. The molecule has 0 fully saturated rings. The zero-order valence-electron chi connectivity index (χ0n) is 13.5. The lowest BCUT2D eigenvalue weighted by Gasteiger charge is -2.25. The van der Waals surface area contributed by atoms with E-state index in [0.29, 0.717) is 17.9 Å². The lowest BCUT2D eigenvalue weighted by atomic mass is 10.2. The van der Waals surface area contributed by atoms with Crippen molar-refractivity contribution in [2.45, 2.75) is 52.6 Å². The summed E-state index contributed by atoms with van der Waals surface area (Å²) < 4.78 is 5.75. The zero-order chi connectivity index (χ0) is 16.5. The smallest absolute Gasteiger partial charge is 0.305 e. The van der Waals surface area contributed by atoms with Crippen molar-refractivity contribution in [3.63, 3.8) is 0 Å². The Morgan fingerprint density at radius 2 is 1.91 bits per heavy atom. The highest BCUT2D eigenvalue weighted by atomic mass is 16.5. The molecule has 0 atom stereocenters. The zero-order valence-corrected chi connectivity index (χ0v) is 13.5. The van der Waals surface area contributed by atoms with Gasteiger partial charge < -0.3 is 14.7 Å². The van der Waals surface area contributed by atoms with Crippen LogP contribution in [0, 0.1) is 0 Å². The number of nitrogens with zero attached hydrogens (tertiary/aromatic N) is 1. The molecule has 0 aliphatic carbocycles. The fraction of sp³-hybridized carbons (Fsp3) is 0.529. The molecule has 0 aliphatic heterocycles. The molecule has 0 radical (unpaired) electrons. The average molecular weight is 307 g/mol. The normalized spacial score (nSPS) is 10.5. The maximum atomic E-state index is 12.4. The van der Waals surface area contributed by atoms with Gasteiger partial charge in [0, 0.05) is 13.0 Å². The van der Waals surface area contributed by atoms with E-state index in [4.69, 9.17) is 9.84 Å². The van der Waals surface area contributed by atoms with Crippen LogP contribution in [0.3, 0.4) is 0 Å². The van der Waals surface area contributed by atoms with Crippen LogP contribution in [0.2, 0.25) is 0 Å². The highest BCUT2D eigenvalue weighted by molar-refractivity contribution is 5.95. The third kappa shape index (κ3) is 5.76. The van der Waals surface area contributed by atoms with E-state index in [2.05, 4.69) is 0 Å². The molecule has 0 saturated heterocycles. The molecule has 5 heteroatoms. The number of unbranched alkanes of at least 4 members (excludes halogenated alkanes) is 1. The Morgan fingerprint density at radius 1 is 1.23 bits per heavy atom. The number of carboxylic acids is 1. The summed E-state index contributed by atoms with van der Waals surface area (Å²) in [4.78, 5) is 24.8. The molecule has 1 rings (SSSR count). The number of anilines is 1. The maximum Gasteiger partial charge on any atom is 0.305 e. The van der Waals surface area contributed by atoms with E-state index in [-0.39, 0.29) is 25.0 Å². The Morgan fingerprint density at radius 3 is 2.50 bits per heavy atom. The molecule has 0 bridgehead atoms. The third-order valence-corrected chi connectivity index (χ3v) is 3.11. The molecule has 22 heavy (non-hydrogen) atoms. The highest BCUT2D eigenvalue weighted by Crippen LogP contribution is 2.30. The number of ether oxygens (including phenoxy) is 1. The predicted octanol–water partition coefficient (Wildman–Crippen LogP) is 3.47. The van der Waals surface area contributed by atoms with Gasteiger partial charge in [0.2, 0.25) is 5.91 Å². The number of benzene rings is 1. The molecule has 0 aromatic heterocycles. The summed E-state index contributed by atoms with van der Waals surface area (Å²) in [7, 11) is 0. The summed E-state index contributed by atoms with van der Waals surface area (Å²) in [6.45, 7) is 6.00. The van der Waals surface area contributed by atoms with Crippen molar-refractivity contribution in [1.82, 2.24) is 0 Å². The van der Waals surface area contributed by atoms with E-state index in [1.807, 2.05) is 32.9 Å². The molecular formula is C17H25NO4. The van der Waals surface area contributed by atoms with E-state index >= 15 is 0 Å². The number of amides is 1. The van der Waals surface area contributed by atoms with Crippen molar-refractivity contribution in [2.24, 2.45) is 0 Å². The summed E-state index contributed by atoms with van der Waals surface area (Å²) in [6, 6.07) is 7.26. The monoisotopic (exact) mass is 307 g/mol. The van der Waals surface area contributed by atoms with Gasteiger partial charge in [-0.2, -0.15) is 0 Å². The summed E-state index contributed by atoms with van der Waals surface area (Å²) in [5, 5.41) is 8.91. The fourth-order valence-electron chi connectivity index (χ4n) is 2.08. The fourth-order valence-corrected chi connectivity index (χ4v) is 2.08. The molecule has 0 spiro atoms. The molecule has 0 heterocycles. The van der Waals surface area contributed by atoms with Crippen LogP contribution in [0.15, 0.2) is 24.3 Å². The quantitative estimate of drug-likeness (QED) is 0.758. The van der Waals surface area contributed by atoms with Gasteiger partial charge in [0.1, 0.15) is 5.75 Å². The number of para-hydroxylation sites is 2.